The maximum atomic E-state index is 14.5. The number of amidine groups is 1. The summed E-state index contributed by atoms with van der Waals surface area (Å²) in [5.74, 6) is -1.30. The van der Waals surface area contributed by atoms with Crippen molar-refractivity contribution in [1.82, 2.24) is 19.4 Å². The monoisotopic (exact) mass is 369 g/mol. The maximum Gasteiger partial charge on any atom is 0.417 e. The number of aryl methyl sites for hydroxylation is 1. The predicted molar refractivity (Wildman–Crippen MR) is 93.0 cm³/mol. The summed E-state index contributed by atoms with van der Waals surface area (Å²) < 4.78 is 16.1. The molecule has 9 heteroatoms. The minimum absolute atomic E-state index is 0.155. The third-order valence-electron chi connectivity index (χ3n) is 4.49. The molecular weight excluding hydrogens is 351 g/mol. The zero-order valence-electron chi connectivity index (χ0n) is 15.1. The molecule has 1 atom stereocenters. The van der Waals surface area contributed by atoms with Gasteiger partial charge in [-0.3, -0.25) is 9.79 Å². The Bertz CT molecular complexity index is 990. The zero-order chi connectivity index (χ0) is 19.7. The Morgan fingerprint density at radius 3 is 2.63 bits per heavy atom. The van der Waals surface area contributed by atoms with Gasteiger partial charge in [0.1, 0.15) is 18.2 Å². The van der Waals surface area contributed by atoms with Gasteiger partial charge in [-0.05, 0) is 24.6 Å². The number of carbonyl (C=O) groups is 2. The van der Waals surface area contributed by atoms with E-state index in [2.05, 4.69) is 9.98 Å². The summed E-state index contributed by atoms with van der Waals surface area (Å²) in [7, 11) is 2.80. The van der Waals surface area contributed by atoms with Crippen LogP contribution < -0.4 is 4.99 Å². The fourth-order valence-electron chi connectivity index (χ4n) is 2.94. The molecule has 1 aliphatic rings. The van der Waals surface area contributed by atoms with Crippen LogP contribution in [0.2, 0.25) is 0 Å². The number of carbonyl (C=O) groups excluding carboxylic acids is 2. The molecule has 27 heavy (non-hydrogen) atoms. The molecule has 0 aliphatic carbocycles. The summed E-state index contributed by atoms with van der Waals surface area (Å²) in [4.78, 5) is 33.3. The maximum absolute atomic E-state index is 14.5. The lowest BCUT2D eigenvalue weighted by atomic mass is 10.1. The van der Waals surface area contributed by atoms with Crippen molar-refractivity contribution in [3.05, 3.63) is 47.8 Å². The van der Waals surface area contributed by atoms with Crippen molar-refractivity contribution < 1.29 is 19.0 Å². The van der Waals surface area contributed by atoms with Crippen LogP contribution in [0, 0.1) is 30.0 Å². The van der Waals surface area contributed by atoms with Gasteiger partial charge >= 0.3 is 6.03 Å². The van der Waals surface area contributed by atoms with E-state index in [1.165, 1.54) is 25.1 Å². The van der Waals surface area contributed by atoms with Crippen LogP contribution in [0.4, 0.5) is 9.18 Å². The molecule has 2 aromatic rings. The molecule has 8 nitrogen and oxygen atoms in total. The Morgan fingerprint density at radius 1 is 1.30 bits per heavy atom. The van der Waals surface area contributed by atoms with Gasteiger partial charge in [-0.2, -0.15) is 10.2 Å². The lowest BCUT2D eigenvalue weighted by Crippen LogP contribution is -2.79. The average Bonchev–Trinajstić information content (AvgIpc) is 3.07. The molecule has 0 spiro atoms. The van der Waals surface area contributed by atoms with Gasteiger partial charge in [-0.15, -0.1) is 0 Å². The highest BCUT2D eigenvalue weighted by atomic mass is 19.1. The highest BCUT2D eigenvalue weighted by Gasteiger charge is 2.46. The molecule has 0 radical (unpaired) electrons. The SMILES string of the molecule is Cc1nccn1-c1ccc(C[NH+]=C2C(C#N)C(=O)N(C)C(=O)N2C)cc1F. The summed E-state index contributed by atoms with van der Waals surface area (Å²) in [5.41, 5.74) is 0.975. The van der Waals surface area contributed by atoms with Crippen LogP contribution in [0.3, 0.4) is 0 Å². The minimum atomic E-state index is -1.12. The van der Waals surface area contributed by atoms with Crippen LogP contribution in [0.1, 0.15) is 11.4 Å². The lowest BCUT2D eigenvalue weighted by molar-refractivity contribution is -0.482. The molecule has 1 N–H and O–H groups in total. The average molecular weight is 369 g/mol. The highest BCUT2D eigenvalue weighted by Crippen LogP contribution is 2.17. The summed E-state index contributed by atoms with van der Waals surface area (Å²) >= 11 is 0. The van der Waals surface area contributed by atoms with E-state index in [1.807, 2.05) is 6.07 Å². The Kier molecular flexibility index (Phi) is 4.73. The second-order valence-corrected chi connectivity index (χ2v) is 6.17. The van der Waals surface area contributed by atoms with E-state index in [0.717, 1.165) is 4.90 Å². The van der Waals surface area contributed by atoms with Gasteiger partial charge in [0.25, 0.3) is 11.7 Å². The molecule has 0 saturated carbocycles. The van der Waals surface area contributed by atoms with Crippen molar-refractivity contribution >= 4 is 17.8 Å². The number of nitrogens with one attached hydrogen (secondary N) is 1. The number of halogens is 1. The van der Waals surface area contributed by atoms with E-state index < -0.39 is 23.7 Å². The molecule has 1 aromatic carbocycles. The third kappa shape index (κ3) is 3.17. The number of aromatic nitrogens is 2. The van der Waals surface area contributed by atoms with E-state index in [1.54, 1.807) is 36.0 Å². The first-order valence-electron chi connectivity index (χ1n) is 8.19. The summed E-state index contributed by atoms with van der Waals surface area (Å²) in [6.45, 7) is 1.93. The van der Waals surface area contributed by atoms with E-state index in [4.69, 9.17) is 0 Å². The van der Waals surface area contributed by atoms with Crippen LogP contribution in [-0.4, -0.2) is 51.2 Å². The normalized spacial score (nSPS) is 18.9. The smallest absolute Gasteiger partial charge is 0.301 e. The first-order chi connectivity index (χ1) is 12.8. The van der Waals surface area contributed by atoms with E-state index in [9.17, 15) is 19.2 Å². The second kappa shape index (κ2) is 6.99. The highest BCUT2D eigenvalue weighted by molar-refractivity contribution is 6.17. The molecule has 3 rings (SSSR count). The molecule has 1 aliphatic heterocycles. The Hall–Kier alpha value is -3.54. The van der Waals surface area contributed by atoms with Gasteiger partial charge in [0.15, 0.2) is 0 Å². The second-order valence-electron chi connectivity index (χ2n) is 6.17. The van der Waals surface area contributed by atoms with Crippen LogP contribution in [-0.2, 0) is 11.3 Å². The topological polar surface area (TPSA) is 96.2 Å². The number of hydrogen-bond acceptors (Lipinski definition) is 4. The van der Waals surface area contributed by atoms with E-state index in [-0.39, 0.29) is 12.4 Å². The van der Waals surface area contributed by atoms with Crippen molar-refractivity contribution in [2.45, 2.75) is 13.5 Å². The van der Waals surface area contributed by atoms with Gasteiger partial charge in [-0.25, -0.2) is 19.1 Å². The van der Waals surface area contributed by atoms with E-state index >= 15 is 0 Å². The number of amides is 3. The molecule has 1 fully saturated rings. The van der Waals surface area contributed by atoms with Crippen molar-refractivity contribution in [1.29, 1.82) is 5.26 Å². The molecule has 2 heterocycles. The number of imidazole rings is 1. The van der Waals surface area contributed by atoms with Crippen LogP contribution in [0.15, 0.2) is 30.6 Å². The molecule has 138 valence electrons. The Morgan fingerprint density at radius 2 is 2.04 bits per heavy atom. The largest absolute Gasteiger partial charge is 0.417 e. The standard InChI is InChI=1S/C18H17FN6O2/c1-11-21-6-7-25(11)15-5-4-12(8-14(15)19)10-22-16-13(9-20)17(26)24(3)18(27)23(16)2/h4-8,13H,10H2,1-3H3/p+1. The van der Waals surface area contributed by atoms with Crippen molar-refractivity contribution in [2.75, 3.05) is 14.1 Å². The summed E-state index contributed by atoms with van der Waals surface area (Å²) in [6.07, 6.45) is 3.26. The first kappa shape index (κ1) is 18.3. The number of nitrogens with zero attached hydrogens (tertiary/aromatic N) is 5. The number of hydrogen-bond donors (Lipinski definition) is 1. The number of nitriles is 1. The predicted octanol–water partition coefficient (Wildman–Crippen LogP) is -0.0375. The van der Waals surface area contributed by atoms with Gasteiger partial charge in [0, 0.05) is 19.4 Å². The summed E-state index contributed by atoms with van der Waals surface area (Å²) in [6, 6.07) is 6.08. The number of rotatable bonds is 3. The first-order valence-corrected chi connectivity index (χ1v) is 8.19. The molecular formula is C18H18FN6O2+. The van der Waals surface area contributed by atoms with Crippen LogP contribution >= 0.6 is 0 Å². The fourth-order valence-corrected chi connectivity index (χ4v) is 2.94. The third-order valence-corrected chi connectivity index (χ3v) is 4.49. The van der Waals surface area contributed by atoms with Gasteiger partial charge in [0.2, 0.25) is 5.92 Å². The molecule has 1 saturated heterocycles. The molecule has 3 amide bonds. The Labute approximate surface area is 155 Å². The Balaban J connectivity index is 1.88. The van der Waals surface area contributed by atoms with Gasteiger partial charge < -0.3 is 4.57 Å². The minimum Gasteiger partial charge on any atom is -0.301 e. The van der Waals surface area contributed by atoms with Gasteiger partial charge in [0.05, 0.1) is 18.8 Å². The lowest BCUT2D eigenvalue weighted by Gasteiger charge is -2.26. The summed E-state index contributed by atoms with van der Waals surface area (Å²) in [5, 5.41) is 9.30. The zero-order valence-corrected chi connectivity index (χ0v) is 15.1. The van der Waals surface area contributed by atoms with Crippen molar-refractivity contribution in [3.63, 3.8) is 0 Å². The molecule has 1 aromatic heterocycles. The van der Waals surface area contributed by atoms with E-state index in [0.29, 0.717) is 17.1 Å². The van der Waals surface area contributed by atoms with Crippen LogP contribution in [0.25, 0.3) is 5.69 Å². The number of urea groups is 1. The molecule has 1 unspecified atom stereocenters. The number of benzene rings is 1. The molecule has 0 bridgehead atoms. The number of imide groups is 1. The fraction of sp³-hybridized carbons (Fsp3) is 0.278. The van der Waals surface area contributed by atoms with Crippen LogP contribution in [0.5, 0.6) is 0 Å². The van der Waals surface area contributed by atoms with Gasteiger partial charge in [-0.1, -0.05) is 6.07 Å². The van der Waals surface area contributed by atoms with Crippen molar-refractivity contribution in [2.24, 2.45) is 5.92 Å². The van der Waals surface area contributed by atoms with Crippen molar-refractivity contribution in [3.8, 4) is 11.8 Å². The quantitative estimate of drug-likeness (QED) is 0.821.